The van der Waals surface area contributed by atoms with Crippen LogP contribution in [0.4, 0.5) is 30.6 Å². The fraction of sp³-hybridized carbons (Fsp3) is 0.360. The summed E-state index contributed by atoms with van der Waals surface area (Å²) in [7, 11) is 0. The van der Waals surface area contributed by atoms with Gasteiger partial charge in [-0.2, -0.15) is 4.98 Å². The average Bonchev–Trinajstić information content (AvgIpc) is 2.76. The second kappa shape index (κ2) is 10.1. The van der Waals surface area contributed by atoms with Crippen LogP contribution in [0.1, 0.15) is 43.2 Å². The third-order valence-corrected chi connectivity index (χ3v) is 6.00. The number of alkyl halides is 3. The van der Waals surface area contributed by atoms with Crippen molar-refractivity contribution < 1.29 is 17.9 Å². The first kappa shape index (κ1) is 24.1. The highest BCUT2D eigenvalue weighted by Gasteiger charge is 2.31. The lowest BCUT2D eigenvalue weighted by molar-refractivity contribution is -0.274. The molecule has 1 heterocycles. The number of hydrogen-bond donors (Lipinski definition) is 2. The number of nitrogens with zero attached hydrogens (tertiary/aromatic N) is 2. The minimum atomic E-state index is -4.77. The van der Waals surface area contributed by atoms with Crippen molar-refractivity contribution in [1.82, 2.24) is 9.97 Å². The van der Waals surface area contributed by atoms with Crippen LogP contribution < -0.4 is 15.4 Å². The minimum absolute atomic E-state index is 0.260. The van der Waals surface area contributed by atoms with Crippen LogP contribution in [0.5, 0.6) is 5.75 Å². The maximum atomic E-state index is 12.7. The molecule has 0 bridgehead atoms. The van der Waals surface area contributed by atoms with E-state index in [1.54, 1.807) is 12.1 Å². The summed E-state index contributed by atoms with van der Waals surface area (Å²) < 4.78 is 42.3. The normalized spacial score (nSPS) is 14.6. The molecule has 0 aliphatic heterocycles. The van der Waals surface area contributed by atoms with Crippen LogP contribution in [0.25, 0.3) is 11.3 Å². The number of nitrogens with one attached hydrogen (secondary N) is 2. The van der Waals surface area contributed by atoms with Crippen molar-refractivity contribution in [2.45, 2.75) is 58.4 Å². The van der Waals surface area contributed by atoms with Gasteiger partial charge in [0.05, 0.1) is 5.69 Å². The van der Waals surface area contributed by atoms with Gasteiger partial charge < -0.3 is 15.4 Å². The van der Waals surface area contributed by atoms with E-state index in [2.05, 4.69) is 25.3 Å². The number of benzene rings is 2. The molecule has 2 aromatic carbocycles. The van der Waals surface area contributed by atoms with Crippen LogP contribution in [0.3, 0.4) is 0 Å². The summed E-state index contributed by atoms with van der Waals surface area (Å²) in [6, 6.07) is 11.5. The fourth-order valence-electron chi connectivity index (χ4n) is 4.24. The molecule has 34 heavy (non-hydrogen) atoms. The van der Waals surface area contributed by atoms with E-state index in [1.165, 1.54) is 24.6 Å². The standard InChI is InChI=1S/C25H26ClF3N4O/c1-15-11-18(26)12-16(2)23(15)32-22-14-21(17-7-6-10-20(13-17)34-25(27,28)29)31-24(33-22)30-19-8-4-3-5-9-19/h6-7,10-14,19H,3-5,8-9H2,1-2H3,(H2,30,31,32,33). The largest absolute Gasteiger partial charge is 0.573 e. The predicted molar refractivity (Wildman–Crippen MR) is 129 cm³/mol. The molecular formula is C25H26ClF3N4O. The third kappa shape index (κ3) is 6.32. The molecule has 9 heteroatoms. The Hall–Kier alpha value is -3.00. The number of ether oxygens (including phenoxy) is 1. The molecule has 1 fully saturated rings. The van der Waals surface area contributed by atoms with Gasteiger partial charge in [0.25, 0.3) is 0 Å². The van der Waals surface area contributed by atoms with Gasteiger partial charge in [-0.05, 0) is 62.1 Å². The highest BCUT2D eigenvalue weighted by molar-refractivity contribution is 6.30. The third-order valence-electron chi connectivity index (χ3n) is 5.78. The molecule has 0 radical (unpaired) electrons. The van der Waals surface area contributed by atoms with Crippen LogP contribution in [0.2, 0.25) is 5.02 Å². The van der Waals surface area contributed by atoms with Gasteiger partial charge in [0, 0.05) is 28.4 Å². The average molecular weight is 491 g/mol. The van der Waals surface area contributed by atoms with Gasteiger partial charge in [-0.25, -0.2) is 4.98 Å². The molecule has 2 N–H and O–H groups in total. The van der Waals surface area contributed by atoms with E-state index in [0.717, 1.165) is 42.5 Å². The highest BCUT2D eigenvalue weighted by Crippen LogP contribution is 2.32. The lowest BCUT2D eigenvalue weighted by Gasteiger charge is -2.23. The highest BCUT2D eigenvalue weighted by atomic mass is 35.5. The van der Waals surface area contributed by atoms with Gasteiger partial charge in [0.1, 0.15) is 11.6 Å². The summed E-state index contributed by atoms with van der Waals surface area (Å²) in [6.45, 7) is 3.89. The number of rotatable bonds is 6. The first-order chi connectivity index (χ1) is 16.2. The Morgan fingerprint density at radius 2 is 1.68 bits per heavy atom. The number of aryl methyl sites for hydroxylation is 2. The lowest BCUT2D eigenvalue weighted by Crippen LogP contribution is -2.23. The fourth-order valence-corrected chi connectivity index (χ4v) is 4.57. The van der Waals surface area contributed by atoms with E-state index in [1.807, 2.05) is 26.0 Å². The van der Waals surface area contributed by atoms with Crippen molar-refractivity contribution >= 4 is 29.1 Å². The molecule has 0 saturated heterocycles. The Kier molecular flexibility index (Phi) is 7.16. The molecule has 0 spiro atoms. The minimum Gasteiger partial charge on any atom is -0.406 e. The van der Waals surface area contributed by atoms with E-state index >= 15 is 0 Å². The topological polar surface area (TPSA) is 59.1 Å². The van der Waals surface area contributed by atoms with E-state index in [4.69, 9.17) is 11.6 Å². The van der Waals surface area contributed by atoms with Crippen molar-refractivity contribution in [3.63, 3.8) is 0 Å². The molecule has 1 aliphatic rings. The van der Waals surface area contributed by atoms with E-state index in [0.29, 0.717) is 28.0 Å². The molecule has 3 aromatic rings. The van der Waals surface area contributed by atoms with Gasteiger partial charge in [-0.15, -0.1) is 13.2 Å². The molecule has 0 atom stereocenters. The number of halogens is 4. The van der Waals surface area contributed by atoms with Crippen molar-refractivity contribution in [2.24, 2.45) is 0 Å². The maximum absolute atomic E-state index is 12.7. The van der Waals surface area contributed by atoms with Crippen molar-refractivity contribution in [3.05, 3.63) is 58.6 Å². The zero-order chi connectivity index (χ0) is 24.3. The van der Waals surface area contributed by atoms with Crippen molar-refractivity contribution in [2.75, 3.05) is 10.6 Å². The quantitative estimate of drug-likeness (QED) is 0.369. The predicted octanol–water partition coefficient (Wildman–Crippen LogP) is 7.80. The number of anilines is 3. The van der Waals surface area contributed by atoms with Crippen molar-refractivity contribution in [3.8, 4) is 17.0 Å². The molecule has 1 aromatic heterocycles. The van der Waals surface area contributed by atoms with Crippen LogP contribution >= 0.6 is 11.6 Å². The first-order valence-corrected chi connectivity index (χ1v) is 11.6. The smallest absolute Gasteiger partial charge is 0.406 e. The van der Waals surface area contributed by atoms with E-state index in [9.17, 15) is 13.2 Å². The lowest BCUT2D eigenvalue weighted by atomic mass is 9.96. The summed E-state index contributed by atoms with van der Waals surface area (Å²) >= 11 is 6.17. The molecule has 5 nitrogen and oxygen atoms in total. The summed E-state index contributed by atoms with van der Waals surface area (Å²) in [5, 5.41) is 7.40. The molecule has 180 valence electrons. The molecule has 1 saturated carbocycles. The zero-order valence-electron chi connectivity index (χ0n) is 19.0. The Bertz CT molecular complexity index is 1140. The van der Waals surface area contributed by atoms with Gasteiger partial charge in [-0.3, -0.25) is 0 Å². The van der Waals surface area contributed by atoms with Crippen LogP contribution in [-0.4, -0.2) is 22.4 Å². The molecular weight excluding hydrogens is 465 g/mol. The SMILES string of the molecule is Cc1cc(Cl)cc(C)c1Nc1cc(-c2cccc(OC(F)(F)F)c2)nc(NC2CCCCC2)n1. The summed E-state index contributed by atoms with van der Waals surface area (Å²) in [5.41, 5.74) is 3.74. The first-order valence-electron chi connectivity index (χ1n) is 11.2. The van der Waals surface area contributed by atoms with E-state index in [-0.39, 0.29) is 11.8 Å². The molecule has 0 amide bonds. The molecule has 0 unspecified atom stereocenters. The maximum Gasteiger partial charge on any atom is 0.573 e. The van der Waals surface area contributed by atoms with Gasteiger partial charge in [0.15, 0.2) is 0 Å². The van der Waals surface area contributed by atoms with E-state index < -0.39 is 6.36 Å². The number of hydrogen-bond acceptors (Lipinski definition) is 5. The summed E-state index contributed by atoms with van der Waals surface area (Å²) in [6.07, 6.45) is 0.785. The second-order valence-corrected chi connectivity index (χ2v) is 8.99. The summed E-state index contributed by atoms with van der Waals surface area (Å²) in [5.74, 6) is 0.654. The van der Waals surface area contributed by atoms with Crippen molar-refractivity contribution in [1.29, 1.82) is 0 Å². The Balaban J connectivity index is 1.71. The van der Waals surface area contributed by atoms with Gasteiger partial charge in [0.2, 0.25) is 5.95 Å². The number of aromatic nitrogens is 2. The monoisotopic (exact) mass is 490 g/mol. The Morgan fingerprint density at radius 3 is 2.35 bits per heavy atom. The molecule has 4 rings (SSSR count). The zero-order valence-corrected chi connectivity index (χ0v) is 19.7. The molecule has 1 aliphatic carbocycles. The summed E-state index contributed by atoms with van der Waals surface area (Å²) in [4.78, 5) is 9.27. The Labute approximate surface area is 201 Å². The van der Waals surface area contributed by atoms with Crippen LogP contribution in [-0.2, 0) is 0 Å². The second-order valence-electron chi connectivity index (χ2n) is 8.56. The Morgan fingerprint density at radius 1 is 0.971 bits per heavy atom. The van der Waals surface area contributed by atoms with Gasteiger partial charge >= 0.3 is 6.36 Å². The van der Waals surface area contributed by atoms with Crippen LogP contribution in [0, 0.1) is 13.8 Å². The van der Waals surface area contributed by atoms with Gasteiger partial charge in [-0.1, -0.05) is 43.0 Å². The van der Waals surface area contributed by atoms with Crippen LogP contribution in [0.15, 0.2) is 42.5 Å².